The normalized spacial score (nSPS) is 8.88. The summed E-state index contributed by atoms with van der Waals surface area (Å²) in [7, 11) is 0. The SMILES string of the molecule is C=C(C)C(=O)O.Cc1ccc(C(=O)O)c(C)c1. The van der Waals surface area contributed by atoms with Crippen LogP contribution in [0.4, 0.5) is 0 Å². The second kappa shape index (κ2) is 6.48. The van der Waals surface area contributed by atoms with E-state index < -0.39 is 11.9 Å². The highest BCUT2D eigenvalue weighted by Gasteiger charge is 2.04. The molecular weight excluding hydrogens is 220 g/mol. The summed E-state index contributed by atoms with van der Waals surface area (Å²) in [4.78, 5) is 20.1. The Bertz CT molecular complexity index is 435. The zero-order valence-electron chi connectivity index (χ0n) is 10.2. The lowest BCUT2D eigenvalue weighted by Gasteiger charge is -2.00. The van der Waals surface area contributed by atoms with Gasteiger partial charge >= 0.3 is 11.9 Å². The van der Waals surface area contributed by atoms with E-state index in [0.29, 0.717) is 5.56 Å². The van der Waals surface area contributed by atoms with E-state index >= 15 is 0 Å². The van der Waals surface area contributed by atoms with Crippen LogP contribution in [0.1, 0.15) is 28.4 Å². The van der Waals surface area contributed by atoms with Gasteiger partial charge in [0.25, 0.3) is 0 Å². The molecule has 0 aliphatic carbocycles. The summed E-state index contributed by atoms with van der Waals surface area (Å²) in [6.45, 7) is 8.35. The fraction of sp³-hybridized carbons (Fsp3) is 0.231. The molecule has 0 unspecified atom stereocenters. The van der Waals surface area contributed by atoms with Crippen LogP contribution in [0, 0.1) is 13.8 Å². The molecule has 0 heterocycles. The minimum absolute atomic E-state index is 0.176. The zero-order chi connectivity index (χ0) is 13.6. The van der Waals surface area contributed by atoms with Crippen LogP contribution in [0.5, 0.6) is 0 Å². The van der Waals surface area contributed by atoms with Crippen molar-refractivity contribution in [3.8, 4) is 0 Å². The molecule has 0 aromatic heterocycles. The summed E-state index contributed by atoms with van der Waals surface area (Å²) in [5.74, 6) is -1.79. The van der Waals surface area contributed by atoms with Crippen LogP contribution in [-0.2, 0) is 4.79 Å². The van der Waals surface area contributed by atoms with Gasteiger partial charge in [-0.25, -0.2) is 9.59 Å². The predicted molar refractivity (Wildman–Crippen MR) is 65.3 cm³/mol. The lowest BCUT2D eigenvalue weighted by atomic mass is 10.1. The van der Waals surface area contributed by atoms with Gasteiger partial charge in [-0.2, -0.15) is 0 Å². The maximum absolute atomic E-state index is 10.5. The van der Waals surface area contributed by atoms with Gasteiger partial charge < -0.3 is 10.2 Å². The molecule has 0 amide bonds. The third-order valence-corrected chi connectivity index (χ3v) is 1.98. The van der Waals surface area contributed by atoms with Crippen LogP contribution in [0.15, 0.2) is 30.4 Å². The lowest BCUT2D eigenvalue weighted by Crippen LogP contribution is -1.99. The minimum Gasteiger partial charge on any atom is -0.478 e. The largest absolute Gasteiger partial charge is 0.478 e. The van der Waals surface area contributed by atoms with Gasteiger partial charge in [0, 0.05) is 5.57 Å². The lowest BCUT2D eigenvalue weighted by molar-refractivity contribution is -0.132. The maximum atomic E-state index is 10.5. The van der Waals surface area contributed by atoms with Gasteiger partial charge in [-0.3, -0.25) is 0 Å². The molecule has 17 heavy (non-hydrogen) atoms. The van der Waals surface area contributed by atoms with Gasteiger partial charge in [0.05, 0.1) is 5.56 Å². The molecule has 2 N–H and O–H groups in total. The molecule has 4 heteroatoms. The molecule has 1 rings (SSSR count). The van der Waals surface area contributed by atoms with Gasteiger partial charge in [0.15, 0.2) is 0 Å². The third kappa shape index (κ3) is 5.51. The van der Waals surface area contributed by atoms with Crippen molar-refractivity contribution in [2.75, 3.05) is 0 Å². The summed E-state index contributed by atoms with van der Waals surface area (Å²) in [6, 6.07) is 5.30. The smallest absolute Gasteiger partial charge is 0.335 e. The number of aryl methyl sites for hydroxylation is 2. The van der Waals surface area contributed by atoms with Crippen molar-refractivity contribution in [2.45, 2.75) is 20.8 Å². The van der Waals surface area contributed by atoms with Crippen molar-refractivity contribution < 1.29 is 19.8 Å². The average molecular weight is 236 g/mol. The van der Waals surface area contributed by atoms with Crippen molar-refractivity contribution in [1.82, 2.24) is 0 Å². The highest BCUT2D eigenvalue weighted by molar-refractivity contribution is 5.89. The Balaban J connectivity index is 0.000000366. The van der Waals surface area contributed by atoms with E-state index in [1.165, 1.54) is 6.92 Å². The summed E-state index contributed by atoms with van der Waals surface area (Å²) < 4.78 is 0. The molecule has 0 saturated heterocycles. The number of rotatable bonds is 2. The Kier molecular flexibility index (Phi) is 5.68. The fourth-order valence-electron chi connectivity index (χ4n) is 1.05. The first kappa shape index (κ1) is 14.9. The molecule has 0 radical (unpaired) electrons. The Morgan fingerprint density at radius 3 is 1.94 bits per heavy atom. The predicted octanol–water partition coefficient (Wildman–Crippen LogP) is 2.65. The molecule has 0 fully saturated rings. The number of carboxylic acid groups (broad SMARTS) is 2. The minimum atomic E-state index is -0.935. The zero-order valence-corrected chi connectivity index (χ0v) is 10.2. The van der Waals surface area contributed by atoms with E-state index in [9.17, 15) is 9.59 Å². The second-order valence-corrected chi connectivity index (χ2v) is 3.71. The number of carboxylic acids is 2. The fourth-order valence-corrected chi connectivity index (χ4v) is 1.05. The maximum Gasteiger partial charge on any atom is 0.335 e. The number of hydrogen-bond acceptors (Lipinski definition) is 2. The van der Waals surface area contributed by atoms with Gasteiger partial charge in [0.2, 0.25) is 0 Å². The van der Waals surface area contributed by atoms with Crippen LogP contribution in [-0.4, -0.2) is 22.2 Å². The van der Waals surface area contributed by atoms with E-state index in [1.54, 1.807) is 19.1 Å². The highest BCUT2D eigenvalue weighted by atomic mass is 16.4. The Morgan fingerprint density at radius 1 is 1.18 bits per heavy atom. The van der Waals surface area contributed by atoms with Crippen LogP contribution < -0.4 is 0 Å². The van der Waals surface area contributed by atoms with Crippen LogP contribution >= 0.6 is 0 Å². The van der Waals surface area contributed by atoms with Gasteiger partial charge in [-0.15, -0.1) is 0 Å². The Morgan fingerprint density at radius 2 is 1.65 bits per heavy atom. The second-order valence-electron chi connectivity index (χ2n) is 3.71. The summed E-state index contributed by atoms with van der Waals surface area (Å²) in [6.07, 6.45) is 0. The number of carbonyl (C=O) groups is 2. The summed E-state index contributed by atoms with van der Waals surface area (Å²) >= 11 is 0. The number of benzene rings is 1. The topological polar surface area (TPSA) is 74.6 Å². The van der Waals surface area contributed by atoms with Crippen LogP contribution in [0.25, 0.3) is 0 Å². The van der Waals surface area contributed by atoms with Crippen molar-refractivity contribution in [3.63, 3.8) is 0 Å². The third-order valence-electron chi connectivity index (χ3n) is 1.98. The van der Waals surface area contributed by atoms with E-state index in [4.69, 9.17) is 10.2 Å². The molecule has 0 saturated carbocycles. The van der Waals surface area contributed by atoms with Crippen LogP contribution in [0.2, 0.25) is 0 Å². The molecule has 92 valence electrons. The van der Waals surface area contributed by atoms with Gasteiger partial charge in [-0.05, 0) is 32.4 Å². The average Bonchev–Trinajstić information content (AvgIpc) is 2.17. The molecule has 4 nitrogen and oxygen atoms in total. The number of aromatic carboxylic acids is 1. The monoisotopic (exact) mass is 236 g/mol. The Labute approximate surface area is 100 Å². The number of aliphatic carboxylic acids is 1. The summed E-state index contributed by atoms with van der Waals surface area (Å²) in [5.41, 5.74) is 2.47. The first-order valence-electron chi connectivity index (χ1n) is 4.95. The van der Waals surface area contributed by atoms with Gasteiger partial charge in [0.1, 0.15) is 0 Å². The van der Waals surface area contributed by atoms with Crippen LogP contribution in [0.3, 0.4) is 0 Å². The number of hydrogen-bond donors (Lipinski definition) is 2. The first-order valence-corrected chi connectivity index (χ1v) is 4.95. The Hall–Kier alpha value is -2.10. The van der Waals surface area contributed by atoms with E-state index in [1.807, 2.05) is 13.0 Å². The molecule has 0 aliphatic rings. The molecule has 0 aliphatic heterocycles. The molecule has 0 atom stereocenters. The van der Waals surface area contributed by atoms with Crippen molar-refractivity contribution in [3.05, 3.63) is 47.0 Å². The molecular formula is C13H16O4. The van der Waals surface area contributed by atoms with Gasteiger partial charge in [-0.1, -0.05) is 24.3 Å². The standard InChI is InChI=1S/C9H10O2.C4H6O2/c1-6-3-4-8(9(10)11)7(2)5-6;1-3(2)4(5)6/h3-5H,1-2H3,(H,10,11);1H2,2H3,(H,5,6). The molecule has 0 bridgehead atoms. The van der Waals surface area contributed by atoms with Crippen molar-refractivity contribution in [1.29, 1.82) is 0 Å². The molecule has 1 aromatic rings. The molecule has 1 aromatic carbocycles. The van der Waals surface area contributed by atoms with E-state index in [0.717, 1.165) is 11.1 Å². The van der Waals surface area contributed by atoms with E-state index in [-0.39, 0.29) is 5.57 Å². The highest BCUT2D eigenvalue weighted by Crippen LogP contribution is 2.09. The van der Waals surface area contributed by atoms with Crippen molar-refractivity contribution in [2.24, 2.45) is 0 Å². The molecule has 0 spiro atoms. The quantitative estimate of drug-likeness (QED) is 0.774. The van der Waals surface area contributed by atoms with E-state index in [2.05, 4.69) is 6.58 Å². The van der Waals surface area contributed by atoms with Crippen molar-refractivity contribution >= 4 is 11.9 Å². The first-order chi connectivity index (χ1) is 7.75. The summed E-state index contributed by atoms with van der Waals surface area (Å²) in [5, 5.41) is 16.5.